The average Bonchev–Trinajstić information content (AvgIpc) is 2.80. The number of rotatable bonds is 10. The Labute approximate surface area is 210 Å². The van der Waals surface area contributed by atoms with Crippen LogP contribution in [0.15, 0.2) is 91.0 Å². The van der Waals surface area contributed by atoms with Gasteiger partial charge >= 0.3 is 211 Å². The van der Waals surface area contributed by atoms with Crippen LogP contribution in [0.4, 0.5) is 4.79 Å². The van der Waals surface area contributed by atoms with Crippen molar-refractivity contribution in [1.29, 1.82) is 0 Å². The Morgan fingerprint density at radius 2 is 0.794 bits per heavy atom. The molecule has 0 aliphatic rings. The molecule has 0 saturated heterocycles. The minimum absolute atomic E-state index is 0.199. The van der Waals surface area contributed by atoms with E-state index >= 15 is 0 Å². The van der Waals surface area contributed by atoms with E-state index in [0.29, 0.717) is 0 Å². The van der Waals surface area contributed by atoms with Crippen molar-refractivity contribution in [3.63, 3.8) is 0 Å². The van der Waals surface area contributed by atoms with E-state index in [4.69, 9.17) is 0 Å². The number of hydrogen-bond acceptors (Lipinski definition) is 1. The summed E-state index contributed by atoms with van der Waals surface area (Å²) in [4.78, 5) is 13.4. The van der Waals surface area contributed by atoms with Crippen LogP contribution in [0.3, 0.4) is 0 Å². The van der Waals surface area contributed by atoms with Crippen molar-refractivity contribution in [2.24, 2.45) is 0 Å². The first-order valence-electron chi connectivity index (χ1n) is 12.3. The molecular weight excluding hydrogens is 523 g/mol. The van der Waals surface area contributed by atoms with Crippen LogP contribution in [-0.2, 0) is 16.2 Å². The first kappa shape index (κ1) is 26.5. The SMILES string of the molecule is CC(C)([CH2][Sn]([CH2]C(C)(C)c1ccccc1)([CH2]C(C)(C)c1ccccc1)[C](=O)O)c1ccccc1. The van der Waals surface area contributed by atoms with E-state index in [2.05, 4.69) is 114 Å². The van der Waals surface area contributed by atoms with Crippen molar-refractivity contribution < 1.29 is 9.90 Å². The molecule has 0 heterocycles. The Morgan fingerprint density at radius 1 is 0.559 bits per heavy atom. The second-order valence-corrected chi connectivity index (χ2v) is 23.4. The van der Waals surface area contributed by atoms with E-state index in [1.165, 1.54) is 16.7 Å². The summed E-state index contributed by atoms with van der Waals surface area (Å²) in [6.45, 7) is 13.4. The van der Waals surface area contributed by atoms with Crippen LogP contribution in [-0.4, -0.2) is 27.5 Å². The molecule has 3 aromatic carbocycles. The molecule has 2 nitrogen and oxygen atoms in total. The number of carbonyl (C=O) groups is 1. The van der Waals surface area contributed by atoms with E-state index in [-0.39, 0.29) is 16.2 Å². The molecule has 34 heavy (non-hydrogen) atoms. The summed E-state index contributed by atoms with van der Waals surface area (Å²) in [6.07, 6.45) is 0. The van der Waals surface area contributed by atoms with E-state index in [1.807, 2.05) is 18.2 Å². The fraction of sp³-hybridized carbons (Fsp3) is 0.387. The molecule has 1 N–H and O–H groups in total. The van der Waals surface area contributed by atoms with Gasteiger partial charge in [-0.1, -0.05) is 0 Å². The Kier molecular flexibility index (Phi) is 8.02. The van der Waals surface area contributed by atoms with Crippen LogP contribution in [0.5, 0.6) is 0 Å². The molecule has 3 heteroatoms. The van der Waals surface area contributed by atoms with E-state index < -0.39 is 22.4 Å². The van der Waals surface area contributed by atoms with Crippen molar-refractivity contribution >= 4 is 22.4 Å². The van der Waals surface area contributed by atoms with Crippen LogP contribution in [0, 0.1) is 0 Å². The molecule has 180 valence electrons. The summed E-state index contributed by atoms with van der Waals surface area (Å²) in [5.41, 5.74) is 3.09. The maximum atomic E-state index is 13.4. The van der Waals surface area contributed by atoms with Gasteiger partial charge in [0.15, 0.2) is 0 Å². The predicted octanol–water partition coefficient (Wildman–Crippen LogP) is 8.63. The van der Waals surface area contributed by atoms with Gasteiger partial charge in [0.05, 0.1) is 0 Å². The molecule has 3 aromatic rings. The molecule has 0 aromatic heterocycles. The summed E-state index contributed by atoms with van der Waals surface area (Å²) < 4.78 is 1.82. The first-order valence-corrected chi connectivity index (χ1v) is 19.8. The molecular formula is C31H40O2Sn. The van der Waals surface area contributed by atoms with Crippen LogP contribution in [0.25, 0.3) is 0 Å². The number of hydrogen-bond donors (Lipinski definition) is 1. The molecule has 0 fully saturated rings. The number of carboxylic acid groups (broad SMARTS) is 1. The zero-order valence-corrected chi connectivity index (χ0v) is 24.5. The van der Waals surface area contributed by atoms with Crippen LogP contribution in [0.1, 0.15) is 58.2 Å². The Balaban J connectivity index is 2.10. The molecule has 0 aliphatic heterocycles. The zero-order valence-electron chi connectivity index (χ0n) is 21.6. The topological polar surface area (TPSA) is 37.3 Å². The molecule has 0 saturated carbocycles. The van der Waals surface area contributed by atoms with Gasteiger partial charge in [0, 0.05) is 0 Å². The summed E-state index contributed by atoms with van der Waals surface area (Å²) >= 11 is -3.93. The third kappa shape index (κ3) is 6.13. The van der Waals surface area contributed by atoms with Gasteiger partial charge < -0.3 is 0 Å². The molecule has 0 bridgehead atoms. The Morgan fingerprint density at radius 3 is 1.00 bits per heavy atom. The van der Waals surface area contributed by atoms with Crippen molar-refractivity contribution in [1.82, 2.24) is 0 Å². The van der Waals surface area contributed by atoms with Crippen LogP contribution in [0.2, 0.25) is 13.3 Å². The van der Waals surface area contributed by atoms with Gasteiger partial charge in [-0.05, 0) is 0 Å². The molecule has 0 amide bonds. The number of benzene rings is 3. The Bertz CT molecular complexity index is 940. The van der Waals surface area contributed by atoms with E-state index in [9.17, 15) is 9.90 Å². The quantitative estimate of drug-likeness (QED) is 0.251. The molecule has 0 radical (unpaired) electrons. The standard InChI is InChI=1S/3C10H13.CHO2.Sn/c3*1-10(2,3)9-7-5-4-6-8-9;2-1-3;/h3*4-8H,1H2,2-3H3;(H,2,3);. The van der Waals surface area contributed by atoms with Crippen molar-refractivity contribution in [2.45, 2.75) is 71.1 Å². The normalized spacial score (nSPS) is 13.0. The second-order valence-electron chi connectivity index (χ2n) is 11.9. The molecule has 0 unspecified atom stereocenters. The van der Waals surface area contributed by atoms with Crippen LogP contribution >= 0.6 is 0 Å². The predicted molar refractivity (Wildman–Crippen MR) is 147 cm³/mol. The first-order chi connectivity index (χ1) is 15.9. The third-order valence-electron chi connectivity index (χ3n) is 7.46. The monoisotopic (exact) mass is 564 g/mol. The maximum absolute atomic E-state index is 13.4. The average molecular weight is 563 g/mol. The van der Waals surface area contributed by atoms with Gasteiger partial charge in [0.1, 0.15) is 0 Å². The van der Waals surface area contributed by atoms with Gasteiger partial charge in [-0.25, -0.2) is 0 Å². The molecule has 0 aliphatic carbocycles. The summed E-state index contributed by atoms with van der Waals surface area (Å²) in [6, 6.07) is 31.4. The van der Waals surface area contributed by atoms with Gasteiger partial charge in [0.25, 0.3) is 0 Å². The van der Waals surface area contributed by atoms with Gasteiger partial charge in [-0.2, -0.15) is 0 Å². The molecule has 0 atom stereocenters. The minimum atomic E-state index is -3.93. The molecule has 3 rings (SSSR count). The second kappa shape index (κ2) is 10.3. The summed E-state index contributed by atoms with van der Waals surface area (Å²) in [7, 11) is 0. The fourth-order valence-corrected chi connectivity index (χ4v) is 24.5. The fourth-order valence-electron chi connectivity index (χ4n) is 5.93. The van der Waals surface area contributed by atoms with Crippen molar-refractivity contribution in [3.05, 3.63) is 108 Å². The third-order valence-corrected chi connectivity index (χ3v) is 23.4. The van der Waals surface area contributed by atoms with Crippen molar-refractivity contribution in [3.8, 4) is 0 Å². The Hall–Kier alpha value is -2.07. The summed E-state index contributed by atoms with van der Waals surface area (Å²) in [5.74, 6) is 0. The van der Waals surface area contributed by atoms with Gasteiger partial charge in [-0.15, -0.1) is 0 Å². The van der Waals surface area contributed by atoms with Gasteiger partial charge in [-0.3, -0.25) is 0 Å². The van der Waals surface area contributed by atoms with Crippen LogP contribution < -0.4 is 0 Å². The van der Waals surface area contributed by atoms with Crippen molar-refractivity contribution in [2.75, 3.05) is 0 Å². The molecule has 0 spiro atoms. The van der Waals surface area contributed by atoms with Gasteiger partial charge in [0.2, 0.25) is 0 Å². The zero-order chi connectivity index (χ0) is 25.0. The summed E-state index contributed by atoms with van der Waals surface area (Å²) in [5, 5.41) is 11.0. The van der Waals surface area contributed by atoms with E-state index in [0.717, 1.165) is 13.3 Å². The van der Waals surface area contributed by atoms with E-state index in [1.54, 1.807) is 0 Å².